The topological polar surface area (TPSA) is 60.9 Å². The zero-order valence-corrected chi connectivity index (χ0v) is 17.3. The molecule has 0 fully saturated rings. The summed E-state index contributed by atoms with van der Waals surface area (Å²) in [6.07, 6.45) is 3.51. The largest absolute Gasteiger partial charge is 0.282 e. The molecule has 28 heavy (non-hydrogen) atoms. The van der Waals surface area contributed by atoms with Crippen molar-refractivity contribution in [3.63, 3.8) is 0 Å². The second-order valence-corrected chi connectivity index (χ2v) is 7.81. The van der Waals surface area contributed by atoms with Gasteiger partial charge in [0, 0.05) is 21.9 Å². The Labute approximate surface area is 170 Å². The molecule has 0 aliphatic heterocycles. The van der Waals surface area contributed by atoms with E-state index >= 15 is 0 Å². The van der Waals surface area contributed by atoms with E-state index in [0.717, 1.165) is 43.8 Å². The summed E-state index contributed by atoms with van der Waals surface area (Å²) < 4.78 is 4.77. The zero-order valence-electron chi connectivity index (χ0n) is 15.7. The molecule has 0 aliphatic carbocycles. The predicted octanol–water partition coefficient (Wildman–Crippen LogP) is 4.82. The minimum atomic E-state index is 0.699. The van der Waals surface area contributed by atoms with E-state index in [4.69, 9.17) is 4.98 Å². The van der Waals surface area contributed by atoms with Crippen molar-refractivity contribution in [2.24, 2.45) is 0 Å². The van der Waals surface area contributed by atoms with Gasteiger partial charge in [0.25, 0.3) is 0 Å². The van der Waals surface area contributed by atoms with Gasteiger partial charge in [0.2, 0.25) is 0 Å². The van der Waals surface area contributed by atoms with Crippen LogP contribution < -0.4 is 0 Å². The molecule has 6 nitrogen and oxygen atoms in total. The number of halogens is 1. The molecule has 0 bridgehead atoms. The van der Waals surface area contributed by atoms with Crippen molar-refractivity contribution in [1.29, 1.82) is 0 Å². The monoisotopic (exact) mass is 432 g/mol. The number of hydrogen-bond acceptors (Lipinski definition) is 4. The number of benzene rings is 1. The SMILES string of the molecule is Cc1cccc(-c2nc3c4c(C)c(C)n(-c5ccc(Br)cn5)c4ncn3n2)c1. The van der Waals surface area contributed by atoms with E-state index in [2.05, 4.69) is 68.5 Å². The molecular weight excluding hydrogens is 416 g/mol. The molecule has 7 heteroatoms. The van der Waals surface area contributed by atoms with E-state index in [0.29, 0.717) is 5.82 Å². The highest BCUT2D eigenvalue weighted by molar-refractivity contribution is 9.10. The fraction of sp³-hybridized carbons (Fsp3) is 0.143. The van der Waals surface area contributed by atoms with E-state index in [1.165, 1.54) is 5.56 Å². The lowest BCUT2D eigenvalue weighted by Gasteiger charge is -2.06. The molecule has 4 aromatic heterocycles. The van der Waals surface area contributed by atoms with E-state index in [1.807, 2.05) is 24.3 Å². The Hall–Kier alpha value is -3.06. The zero-order chi connectivity index (χ0) is 19.4. The summed E-state index contributed by atoms with van der Waals surface area (Å²) >= 11 is 3.45. The van der Waals surface area contributed by atoms with E-state index in [1.54, 1.807) is 17.0 Å². The van der Waals surface area contributed by atoms with Crippen molar-refractivity contribution in [3.8, 4) is 17.2 Å². The summed E-state index contributed by atoms with van der Waals surface area (Å²) in [5, 5.41) is 5.65. The van der Waals surface area contributed by atoms with Gasteiger partial charge < -0.3 is 0 Å². The van der Waals surface area contributed by atoms with Crippen LogP contribution in [0.5, 0.6) is 0 Å². The molecule has 0 aliphatic rings. The lowest BCUT2D eigenvalue weighted by Crippen LogP contribution is -2.01. The van der Waals surface area contributed by atoms with Gasteiger partial charge >= 0.3 is 0 Å². The number of pyridine rings is 1. The molecule has 4 heterocycles. The molecular formula is C21H17BrN6. The summed E-state index contributed by atoms with van der Waals surface area (Å²) in [6.45, 7) is 6.24. The summed E-state index contributed by atoms with van der Waals surface area (Å²) in [4.78, 5) is 14.1. The Balaban J connectivity index is 1.79. The van der Waals surface area contributed by atoms with Crippen LogP contribution in [0.2, 0.25) is 0 Å². The molecule has 138 valence electrons. The summed E-state index contributed by atoms with van der Waals surface area (Å²) in [5.41, 5.74) is 6.03. The fourth-order valence-electron chi connectivity index (χ4n) is 3.55. The molecule has 0 radical (unpaired) electrons. The van der Waals surface area contributed by atoms with Crippen LogP contribution in [-0.4, -0.2) is 29.1 Å². The maximum absolute atomic E-state index is 4.85. The standard InChI is InChI=1S/C21H17BrN6/c1-12-5-4-6-15(9-12)19-25-21-18-13(2)14(3)28(17-8-7-16(22)10-23-17)20(18)24-11-27(21)26-19/h4-11H,1-3H3. The van der Waals surface area contributed by atoms with Gasteiger partial charge in [-0.05, 0) is 60.5 Å². The summed E-state index contributed by atoms with van der Waals surface area (Å²) in [7, 11) is 0. The van der Waals surface area contributed by atoms with Crippen molar-refractivity contribution >= 4 is 32.6 Å². The van der Waals surface area contributed by atoms with Crippen LogP contribution in [-0.2, 0) is 0 Å². The average molecular weight is 433 g/mol. The molecule has 0 unspecified atom stereocenters. The van der Waals surface area contributed by atoms with Gasteiger partial charge in [-0.15, -0.1) is 5.10 Å². The molecule has 0 N–H and O–H groups in total. The number of nitrogens with zero attached hydrogens (tertiary/aromatic N) is 6. The van der Waals surface area contributed by atoms with Crippen molar-refractivity contribution in [2.45, 2.75) is 20.8 Å². The van der Waals surface area contributed by atoms with Crippen molar-refractivity contribution in [2.75, 3.05) is 0 Å². The molecule has 0 saturated carbocycles. The molecule has 0 atom stereocenters. The maximum atomic E-state index is 4.85. The van der Waals surface area contributed by atoms with Crippen LogP contribution in [0, 0.1) is 20.8 Å². The highest BCUT2D eigenvalue weighted by Gasteiger charge is 2.19. The summed E-state index contributed by atoms with van der Waals surface area (Å²) in [6, 6.07) is 12.2. The average Bonchev–Trinajstić information content (AvgIpc) is 3.22. The number of fused-ring (bicyclic) bond motifs is 3. The highest BCUT2D eigenvalue weighted by atomic mass is 79.9. The third-order valence-corrected chi connectivity index (χ3v) is 5.52. The van der Waals surface area contributed by atoms with Gasteiger partial charge in [0.15, 0.2) is 17.1 Å². The summed E-state index contributed by atoms with van der Waals surface area (Å²) in [5.74, 6) is 1.53. The van der Waals surface area contributed by atoms with Crippen molar-refractivity contribution in [3.05, 3.63) is 70.2 Å². The Morgan fingerprint density at radius 2 is 1.82 bits per heavy atom. The van der Waals surface area contributed by atoms with Gasteiger partial charge in [0.05, 0.1) is 5.39 Å². The Morgan fingerprint density at radius 1 is 0.964 bits per heavy atom. The Bertz CT molecular complexity index is 1350. The van der Waals surface area contributed by atoms with Crippen LogP contribution >= 0.6 is 15.9 Å². The number of rotatable bonds is 2. The van der Waals surface area contributed by atoms with Crippen LogP contribution in [0.3, 0.4) is 0 Å². The third kappa shape index (κ3) is 2.54. The first kappa shape index (κ1) is 17.1. The van der Waals surface area contributed by atoms with Gasteiger partial charge in [0.1, 0.15) is 12.1 Å². The van der Waals surface area contributed by atoms with Crippen molar-refractivity contribution < 1.29 is 0 Å². The van der Waals surface area contributed by atoms with Crippen LogP contribution in [0.1, 0.15) is 16.8 Å². The van der Waals surface area contributed by atoms with E-state index < -0.39 is 0 Å². The van der Waals surface area contributed by atoms with Crippen LogP contribution in [0.25, 0.3) is 33.9 Å². The smallest absolute Gasteiger partial charge is 0.182 e. The second kappa shape index (κ2) is 6.24. The normalized spacial score (nSPS) is 11.6. The van der Waals surface area contributed by atoms with Gasteiger partial charge in [-0.2, -0.15) is 0 Å². The van der Waals surface area contributed by atoms with Gasteiger partial charge in [-0.1, -0.05) is 23.8 Å². The Morgan fingerprint density at radius 3 is 2.57 bits per heavy atom. The number of aryl methyl sites for hydroxylation is 2. The molecule has 5 rings (SSSR count). The first-order chi connectivity index (χ1) is 13.5. The molecule has 0 amide bonds. The van der Waals surface area contributed by atoms with Gasteiger partial charge in [-0.3, -0.25) is 4.57 Å². The van der Waals surface area contributed by atoms with Crippen LogP contribution in [0.4, 0.5) is 0 Å². The maximum Gasteiger partial charge on any atom is 0.182 e. The first-order valence-corrected chi connectivity index (χ1v) is 9.74. The van der Waals surface area contributed by atoms with E-state index in [9.17, 15) is 0 Å². The van der Waals surface area contributed by atoms with E-state index in [-0.39, 0.29) is 0 Å². The minimum absolute atomic E-state index is 0.699. The number of hydrogen-bond donors (Lipinski definition) is 0. The second-order valence-electron chi connectivity index (χ2n) is 6.90. The number of aromatic nitrogens is 6. The molecule has 5 aromatic rings. The van der Waals surface area contributed by atoms with Crippen LogP contribution in [0.15, 0.2) is 53.4 Å². The molecule has 0 spiro atoms. The quantitative estimate of drug-likeness (QED) is 0.401. The van der Waals surface area contributed by atoms with Crippen molar-refractivity contribution in [1.82, 2.24) is 29.1 Å². The fourth-order valence-corrected chi connectivity index (χ4v) is 3.78. The Kier molecular flexibility index (Phi) is 3.80. The van der Waals surface area contributed by atoms with Gasteiger partial charge in [-0.25, -0.2) is 19.5 Å². The molecule has 1 aromatic carbocycles. The third-order valence-electron chi connectivity index (χ3n) is 5.05. The molecule has 0 saturated heterocycles. The first-order valence-electron chi connectivity index (χ1n) is 8.95. The predicted molar refractivity (Wildman–Crippen MR) is 113 cm³/mol. The lowest BCUT2D eigenvalue weighted by atomic mass is 10.1. The highest BCUT2D eigenvalue weighted by Crippen LogP contribution is 2.30. The minimum Gasteiger partial charge on any atom is -0.282 e. The lowest BCUT2D eigenvalue weighted by molar-refractivity contribution is 0.919.